The van der Waals surface area contributed by atoms with E-state index in [1.54, 1.807) is 25.1 Å². The van der Waals surface area contributed by atoms with Crippen LogP contribution in [-0.2, 0) is 6.61 Å². The van der Waals surface area contributed by atoms with Crippen LogP contribution < -0.4 is 4.74 Å². The Hall–Kier alpha value is -2.69. The first-order chi connectivity index (χ1) is 10.0. The Labute approximate surface area is 120 Å². The van der Waals surface area contributed by atoms with E-state index in [1.807, 2.05) is 0 Å². The van der Waals surface area contributed by atoms with Crippen LogP contribution in [0.25, 0.3) is 0 Å². The molecule has 0 spiro atoms. The van der Waals surface area contributed by atoms with Crippen molar-refractivity contribution in [2.45, 2.75) is 13.5 Å². The second-order valence-electron chi connectivity index (χ2n) is 4.52. The van der Waals surface area contributed by atoms with Gasteiger partial charge in [-0.3, -0.25) is 4.79 Å². The molecule has 0 aliphatic heterocycles. The molecule has 1 N–H and O–H groups in total. The number of halogens is 1. The van der Waals surface area contributed by atoms with Crippen molar-refractivity contribution in [1.82, 2.24) is 0 Å². The van der Waals surface area contributed by atoms with Crippen molar-refractivity contribution in [2.75, 3.05) is 0 Å². The zero-order valence-corrected chi connectivity index (χ0v) is 11.3. The lowest BCUT2D eigenvalue weighted by Crippen LogP contribution is -2.03. The number of aldehydes is 1. The molecule has 0 saturated carbocycles. The van der Waals surface area contributed by atoms with Gasteiger partial charge in [0.1, 0.15) is 6.61 Å². The standard InChI is InChI=1S/C16H13FO4/c1-10-5-6-14(15(17)13(10)8-18)21-9-11-3-2-4-12(7-11)16(19)20/h2-8H,9H2,1H3,(H,19,20). The summed E-state index contributed by atoms with van der Waals surface area (Å²) in [5, 5.41) is 8.90. The van der Waals surface area contributed by atoms with E-state index >= 15 is 0 Å². The molecule has 0 fully saturated rings. The molecule has 108 valence electrons. The first-order valence-corrected chi connectivity index (χ1v) is 6.22. The molecule has 0 aromatic heterocycles. The van der Waals surface area contributed by atoms with Crippen LogP contribution in [0.3, 0.4) is 0 Å². The Bertz CT molecular complexity index is 695. The normalized spacial score (nSPS) is 10.2. The summed E-state index contributed by atoms with van der Waals surface area (Å²) in [5.41, 5.74) is 1.23. The third kappa shape index (κ3) is 3.25. The largest absolute Gasteiger partial charge is 0.486 e. The lowest BCUT2D eigenvalue weighted by Gasteiger charge is -2.10. The van der Waals surface area contributed by atoms with Crippen molar-refractivity contribution in [3.05, 3.63) is 64.5 Å². The minimum Gasteiger partial charge on any atom is -0.486 e. The molecule has 5 heteroatoms. The highest BCUT2D eigenvalue weighted by Gasteiger charge is 2.12. The summed E-state index contributed by atoms with van der Waals surface area (Å²) in [6.45, 7) is 1.65. The van der Waals surface area contributed by atoms with Crippen molar-refractivity contribution in [1.29, 1.82) is 0 Å². The van der Waals surface area contributed by atoms with Crippen molar-refractivity contribution < 1.29 is 23.8 Å². The van der Waals surface area contributed by atoms with Gasteiger partial charge in [0.05, 0.1) is 11.1 Å². The predicted molar refractivity (Wildman–Crippen MR) is 74.3 cm³/mol. The van der Waals surface area contributed by atoms with Gasteiger partial charge in [-0.05, 0) is 36.2 Å². The number of carboxylic acid groups (broad SMARTS) is 1. The maximum absolute atomic E-state index is 14.0. The van der Waals surface area contributed by atoms with Gasteiger partial charge in [0.25, 0.3) is 0 Å². The third-order valence-corrected chi connectivity index (χ3v) is 3.05. The molecular formula is C16H13FO4. The lowest BCUT2D eigenvalue weighted by atomic mass is 10.1. The van der Waals surface area contributed by atoms with Gasteiger partial charge in [-0.15, -0.1) is 0 Å². The van der Waals surface area contributed by atoms with Gasteiger partial charge in [-0.2, -0.15) is 0 Å². The fraction of sp³-hybridized carbons (Fsp3) is 0.125. The minimum absolute atomic E-state index is 0.0133. The van der Waals surface area contributed by atoms with Crippen LogP contribution in [0.5, 0.6) is 5.75 Å². The van der Waals surface area contributed by atoms with E-state index in [9.17, 15) is 14.0 Å². The molecule has 2 aromatic rings. The Kier molecular flexibility index (Phi) is 4.33. The Morgan fingerprint density at radius 3 is 2.76 bits per heavy atom. The van der Waals surface area contributed by atoms with Crippen LogP contribution >= 0.6 is 0 Å². The number of benzene rings is 2. The number of carbonyl (C=O) groups excluding carboxylic acids is 1. The molecule has 2 rings (SSSR count). The van der Waals surface area contributed by atoms with Gasteiger partial charge >= 0.3 is 5.97 Å². The maximum atomic E-state index is 14.0. The van der Waals surface area contributed by atoms with E-state index in [0.717, 1.165) is 0 Å². The van der Waals surface area contributed by atoms with Crippen molar-refractivity contribution in [3.63, 3.8) is 0 Å². The highest BCUT2D eigenvalue weighted by molar-refractivity contribution is 5.87. The van der Waals surface area contributed by atoms with E-state index in [-0.39, 0.29) is 23.5 Å². The number of ether oxygens (including phenoxy) is 1. The van der Waals surface area contributed by atoms with Crippen molar-refractivity contribution in [2.24, 2.45) is 0 Å². The lowest BCUT2D eigenvalue weighted by molar-refractivity contribution is 0.0696. The molecule has 0 amide bonds. The predicted octanol–water partition coefficient (Wildman–Crippen LogP) is 3.22. The molecule has 0 aliphatic carbocycles. The van der Waals surface area contributed by atoms with E-state index in [2.05, 4.69) is 0 Å². The van der Waals surface area contributed by atoms with Crippen LogP contribution in [-0.4, -0.2) is 17.4 Å². The monoisotopic (exact) mass is 288 g/mol. The molecule has 0 saturated heterocycles. The molecule has 0 aliphatic rings. The molecule has 0 radical (unpaired) electrons. The first-order valence-electron chi connectivity index (χ1n) is 6.22. The summed E-state index contributed by atoms with van der Waals surface area (Å²) in [5.74, 6) is -1.79. The number of rotatable bonds is 5. The number of hydrogen-bond acceptors (Lipinski definition) is 3. The molecule has 0 bridgehead atoms. The van der Waals surface area contributed by atoms with E-state index in [0.29, 0.717) is 17.4 Å². The second-order valence-corrected chi connectivity index (χ2v) is 4.52. The quantitative estimate of drug-likeness (QED) is 0.858. The molecule has 21 heavy (non-hydrogen) atoms. The summed E-state index contributed by atoms with van der Waals surface area (Å²) in [4.78, 5) is 21.7. The summed E-state index contributed by atoms with van der Waals surface area (Å²) in [7, 11) is 0. The molecular weight excluding hydrogens is 275 g/mol. The second kappa shape index (κ2) is 6.17. The third-order valence-electron chi connectivity index (χ3n) is 3.05. The number of aromatic carboxylic acids is 1. The molecule has 0 unspecified atom stereocenters. The van der Waals surface area contributed by atoms with Crippen LogP contribution in [0.4, 0.5) is 4.39 Å². The number of carbonyl (C=O) groups is 2. The number of carboxylic acids is 1. The number of hydrogen-bond donors (Lipinski definition) is 1. The fourth-order valence-corrected chi connectivity index (χ4v) is 1.88. The Morgan fingerprint density at radius 2 is 2.10 bits per heavy atom. The topological polar surface area (TPSA) is 63.6 Å². The fourth-order valence-electron chi connectivity index (χ4n) is 1.88. The highest BCUT2D eigenvalue weighted by atomic mass is 19.1. The molecule has 0 heterocycles. The van der Waals surface area contributed by atoms with Gasteiger partial charge in [0.15, 0.2) is 17.9 Å². The van der Waals surface area contributed by atoms with E-state index in [4.69, 9.17) is 9.84 Å². The van der Waals surface area contributed by atoms with Crippen LogP contribution in [0.15, 0.2) is 36.4 Å². The average Bonchev–Trinajstić information content (AvgIpc) is 2.47. The summed E-state index contributed by atoms with van der Waals surface area (Å²) < 4.78 is 19.3. The smallest absolute Gasteiger partial charge is 0.335 e. The van der Waals surface area contributed by atoms with Crippen LogP contribution in [0, 0.1) is 12.7 Å². The SMILES string of the molecule is Cc1ccc(OCc2cccc(C(=O)O)c2)c(F)c1C=O. The molecule has 2 aromatic carbocycles. The van der Waals surface area contributed by atoms with Crippen LogP contribution in [0.1, 0.15) is 31.8 Å². The Morgan fingerprint density at radius 1 is 1.33 bits per heavy atom. The van der Waals surface area contributed by atoms with Gasteiger partial charge in [0.2, 0.25) is 0 Å². The van der Waals surface area contributed by atoms with E-state index < -0.39 is 11.8 Å². The van der Waals surface area contributed by atoms with Gasteiger partial charge in [0, 0.05) is 0 Å². The Balaban J connectivity index is 2.19. The van der Waals surface area contributed by atoms with Gasteiger partial charge < -0.3 is 9.84 Å². The number of aryl methyl sites for hydroxylation is 1. The zero-order chi connectivity index (χ0) is 15.4. The van der Waals surface area contributed by atoms with Crippen molar-refractivity contribution >= 4 is 12.3 Å². The summed E-state index contributed by atoms with van der Waals surface area (Å²) in [6, 6.07) is 9.22. The average molecular weight is 288 g/mol. The molecule has 4 nitrogen and oxygen atoms in total. The van der Waals surface area contributed by atoms with Gasteiger partial charge in [-0.1, -0.05) is 18.2 Å². The minimum atomic E-state index is -1.04. The summed E-state index contributed by atoms with van der Waals surface area (Å²) in [6.07, 6.45) is 0.447. The highest BCUT2D eigenvalue weighted by Crippen LogP contribution is 2.23. The maximum Gasteiger partial charge on any atom is 0.335 e. The summed E-state index contributed by atoms with van der Waals surface area (Å²) >= 11 is 0. The van der Waals surface area contributed by atoms with Crippen molar-refractivity contribution in [3.8, 4) is 5.75 Å². The van der Waals surface area contributed by atoms with Crippen LogP contribution in [0.2, 0.25) is 0 Å². The molecule has 0 atom stereocenters. The first kappa shape index (κ1) is 14.7. The zero-order valence-electron chi connectivity index (χ0n) is 11.3. The van der Waals surface area contributed by atoms with E-state index in [1.165, 1.54) is 18.2 Å². The van der Waals surface area contributed by atoms with Gasteiger partial charge in [-0.25, -0.2) is 9.18 Å².